The molecule has 0 saturated carbocycles. The number of aliphatic hydroxyl groups is 1. The molecule has 0 bridgehead atoms. The molecule has 5 heteroatoms. The number of hydrogen-bond donors (Lipinski definition) is 3. The number of carbonyl (C=O) groups is 2. The highest BCUT2D eigenvalue weighted by Crippen LogP contribution is 2.22. The molecular formula is C21H25NO4. The van der Waals surface area contributed by atoms with Crippen molar-refractivity contribution in [1.29, 1.82) is 0 Å². The van der Waals surface area contributed by atoms with Crippen molar-refractivity contribution in [2.45, 2.75) is 32.8 Å². The van der Waals surface area contributed by atoms with E-state index < -0.39 is 12.1 Å². The van der Waals surface area contributed by atoms with Crippen LogP contribution in [0.4, 0.5) is 5.69 Å². The number of para-hydroxylation sites is 1. The van der Waals surface area contributed by atoms with Crippen LogP contribution < -0.4 is 5.32 Å². The molecule has 5 nitrogen and oxygen atoms in total. The molecule has 0 radical (unpaired) electrons. The van der Waals surface area contributed by atoms with Crippen molar-refractivity contribution in [3.63, 3.8) is 0 Å². The summed E-state index contributed by atoms with van der Waals surface area (Å²) in [5, 5.41) is 22.6. The zero-order valence-corrected chi connectivity index (χ0v) is 15.1. The summed E-state index contributed by atoms with van der Waals surface area (Å²) >= 11 is 0. The maximum Gasteiger partial charge on any atom is 0.336 e. The lowest BCUT2D eigenvalue weighted by atomic mass is 9.97. The Morgan fingerprint density at radius 1 is 1.00 bits per heavy atom. The lowest BCUT2D eigenvalue weighted by molar-refractivity contribution is 0.0692. The van der Waals surface area contributed by atoms with Gasteiger partial charge < -0.3 is 15.5 Å². The van der Waals surface area contributed by atoms with Gasteiger partial charge in [0.2, 0.25) is 0 Å². The molecule has 0 aromatic heterocycles. The third kappa shape index (κ3) is 4.92. The number of benzene rings is 2. The Balaban J connectivity index is 2.21. The van der Waals surface area contributed by atoms with Crippen LogP contribution in [0.1, 0.15) is 53.0 Å². The molecule has 0 spiro atoms. The molecule has 2 unspecified atom stereocenters. The Morgan fingerprint density at radius 2 is 1.58 bits per heavy atom. The van der Waals surface area contributed by atoms with E-state index in [9.17, 15) is 19.8 Å². The summed E-state index contributed by atoms with van der Waals surface area (Å²) < 4.78 is 0. The van der Waals surface area contributed by atoms with Gasteiger partial charge in [0.05, 0.1) is 11.7 Å². The summed E-state index contributed by atoms with van der Waals surface area (Å²) in [5.41, 5.74) is 1.09. The van der Waals surface area contributed by atoms with Gasteiger partial charge >= 0.3 is 5.97 Å². The lowest BCUT2D eigenvalue weighted by Crippen LogP contribution is -2.23. The summed E-state index contributed by atoms with van der Waals surface area (Å²) in [6.45, 7) is 4.50. The van der Waals surface area contributed by atoms with E-state index in [0.717, 1.165) is 6.42 Å². The third-order valence-electron chi connectivity index (χ3n) is 4.47. The predicted octanol–water partition coefficient (Wildman–Crippen LogP) is 3.82. The Morgan fingerprint density at radius 3 is 2.19 bits per heavy atom. The second-order valence-corrected chi connectivity index (χ2v) is 6.51. The monoisotopic (exact) mass is 355 g/mol. The van der Waals surface area contributed by atoms with Crippen molar-refractivity contribution in [2.24, 2.45) is 5.92 Å². The maximum absolute atomic E-state index is 12.9. The largest absolute Gasteiger partial charge is 0.478 e. The molecule has 0 aliphatic heterocycles. The molecule has 0 heterocycles. The second-order valence-electron chi connectivity index (χ2n) is 6.51. The summed E-state index contributed by atoms with van der Waals surface area (Å²) in [6.07, 6.45) is 1.17. The van der Waals surface area contributed by atoms with Crippen molar-refractivity contribution in [3.05, 3.63) is 65.2 Å². The number of carboxylic acid groups (broad SMARTS) is 1. The molecule has 2 aromatic carbocycles. The number of aliphatic hydroxyl groups excluding tert-OH is 1. The van der Waals surface area contributed by atoms with Crippen LogP contribution in [0.15, 0.2) is 48.5 Å². The first kappa shape index (κ1) is 19.7. The minimum Gasteiger partial charge on any atom is -0.478 e. The number of aromatic carboxylic acids is 1. The Labute approximate surface area is 153 Å². The lowest BCUT2D eigenvalue weighted by Gasteiger charge is -2.18. The minimum absolute atomic E-state index is 0.0240. The van der Waals surface area contributed by atoms with E-state index in [1.54, 1.807) is 36.4 Å². The highest BCUT2D eigenvalue weighted by Gasteiger charge is 2.20. The fraction of sp³-hybridized carbons (Fsp3) is 0.333. The smallest absolute Gasteiger partial charge is 0.336 e. The zero-order valence-electron chi connectivity index (χ0n) is 15.1. The van der Waals surface area contributed by atoms with Crippen LogP contribution in [0.5, 0.6) is 0 Å². The summed E-state index contributed by atoms with van der Waals surface area (Å²) in [4.78, 5) is 24.3. The van der Waals surface area contributed by atoms with E-state index >= 15 is 0 Å². The van der Waals surface area contributed by atoms with Crippen LogP contribution >= 0.6 is 0 Å². The number of carbonyl (C=O) groups excluding carboxylic acids is 1. The van der Waals surface area contributed by atoms with Crippen molar-refractivity contribution in [1.82, 2.24) is 0 Å². The first-order valence-electron chi connectivity index (χ1n) is 8.82. The van der Waals surface area contributed by atoms with Crippen LogP contribution in [-0.2, 0) is 0 Å². The first-order valence-corrected chi connectivity index (χ1v) is 8.82. The number of carboxylic acids is 1. The maximum atomic E-state index is 12.9. The molecule has 0 aliphatic rings. The highest BCUT2D eigenvalue weighted by atomic mass is 16.4. The summed E-state index contributed by atoms with van der Waals surface area (Å²) in [5.74, 6) is -1.07. The van der Waals surface area contributed by atoms with Gasteiger partial charge in [0.15, 0.2) is 5.78 Å². The van der Waals surface area contributed by atoms with Crippen molar-refractivity contribution in [3.8, 4) is 0 Å². The Kier molecular flexibility index (Phi) is 6.92. The average Bonchev–Trinajstić information content (AvgIpc) is 2.65. The van der Waals surface area contributed by atoms with Crippen LogP contribution in [-0.4, -0.2) is 34.6 Å². The third-order valence-corrected chi connectivity index (χ3v) is 4.47. The van der Waals surface area contributed by atoms with Crippen molar-refractivity contribution >= 4 is 17.4 Å². The SMILES string of the molecule is CCC(C)CC(O)CNc1ccccc1C(=O)c1ccccc1C(=O)O. The van der Waals surface area contributed by atoms with E-state index in [-0.39, 0.29) is 16.9 Å². The van der Waals surface area contributed by atoms with Gasteiger partial charge in [-0.15, -0.1) is 0 Å². The van der Waals surface area contributed by atoms with E-state index in [1.165, 1.54) is 12.1 Å². The van der Waals surface area contributed by atoms with Gasteiger partial charge in [0.1, 0.15) is 0 Å². The van der Waals surface area contributed by atoms with Crippen LogP contribution in [0.3, 0.4) is 0 Å². The molecule has 2 aromatic rings. The van der Waals surface area contributed by atoms with Gasteiger partial charge in [0.25, 0.3) is 0 Å². The van der Waals surface area contributed by atoms with Gasteiger partial charge in [-0.2, -0.15) is 0 Å². The molecule has 2 rings (SSSR count). The van der Waals surface area contributed by atoms with Gasteiger partial charge in [-0.05, 0) is 30.5 Å². The molecule has 3 N–H and O–H groups in total. The standard InChI is InChI=1S/C21H25NO4/c1-3-14(2)12-15(23)13-22-19-11-7-6-10-18(19)20(24)16-8-4-5-9-17(16)21(25)26/h4-11,14-15,22-23H,3,12-13H2,1-2H3,(H,25,26). The molecule has 138 valence electrons. The van der Waals surface area contributed by atoms with E-state index in [2.05, 4.69) is 19.2 Å². The fourth-order valence-corrected chi connectivity index (χ4v) is 2.79. The van der Waals surface area contributed by atoms with Gasteiger partial charge in [-0.3, -0.25) is 4.79 Å². The Hall–Kier alpha value is -2.66. The number of rotatable bonds is 9. The topological polar surface area (TPSA) is 86.6 Å². The minimum atomic E-state index is -1.14. The Bertz CT molecular complexity index is 772. The van der Waals surface area contributed by atoms with Crippen molar-refractivity contribution < 1.29 is 19.8 Å². The molecule has 0 aliphatic carbocycles. The number of anilines is 1. The molecule has 2 atom stereocenters. The van der Waals surface area contributed by atoms with Crippen molar-refractivity contribution in [2.75, 3.05) is 11.9 Å². The van der Waals surface area contributed by atoms with E-state index in [4.69, 9.17) is 0 Å². The van der Waals surface area contributed by atoms with Crippen LogP contribution in [0.2, 0.25) is 0 Å². The molecular weight excluding hydrogens is 330 g/mol. The quantitative estimate of drug-likeness (QED) is 0.595. The molecule has 0 saturated heterocycles. The summed E-state index contributed by atoms with van der Waals surface area (Å²) in [6, 6.07) is 13.1. The fourth-order valence-electron chi connectivity index (χ4n) is 2.79. The average molecular weight is 355 g/mol. The zero-order chi connectivity index (χ0) is 19.1. The predicted molar refractivity (Wildman–Crippen MR) is 102 cm³/mol. The first-order chi connectivity index (χ1) is 12.4. The van der Waals surface area contributed by atoms with Crippen LogP contribution in [0, 0.1) is 5.92 Å². The van der Waals surface area contributed by atoms with Gasteiger partial charge in [-0.1, -0.05) is 50.6 Å². The summed E-state index contributed by atoms with van der Waals surface area (Å²) in [7, 11) is 0. The normalized spacial score (nSPS) is 13.0. The molecule has 0 fully saturated rings. The van der Waals surface area contributed by atoms with E-state index in [0.29, 0.717) is 30.1 Å². The molecule has 0 amide bonds. The van der Waals surface area contributed by atoms with Crippen LogP contribution in [0.25, 0.3) is 0 Å². The molecule has 26 heavy (non-hydrogen) atoms. The number of hydrogen-bond acceptors (Lipinski definition) is 4. The van der Waals surface area contributed by atoms with E-state index in [1.807, 2.05) is 0 Å². The number of nitrogens with one attached hydrogen (secondary N) is 1. The highest BCUT2D eigenvalue weighted by molar-refractivity contribution is 6.16. The number of ketones is 1. The van der Waals surface area contributed by atoms with Gasteiger partial charge in [0, 0.05) is 23.4 Å². The van der Waals surface area contributed by atoms with Gasteiger partial charge in [-0.25, -0.2) is 4.79 Å². The second kappa shape index (κ2) is 9.15.